The fourth-order valence-electron chi connectivity index (χ4n) is 6.51. The first-order valence-electron chi connectivity index (χ1n) is 7.43. The standard InChI is InChI=1S/C15H22N2O2/c1-13-3-10-4-14(2,7-13)9-15(5-10,8-13)17-6-11(18)16-12(17)19/h10H,3-9H2,1-2H3,(H,16,18,19). The van der Waals surface area contributed by atoms with E-state index in [9.17, 15) is 9.59 Å². The number of hydrogen-bond donors (Lipinski definition) is 1. The summed E-state index contributed by atoms with van der Waals surface area (Å²) in [6.07, 6.45) is 7.21. The van der Waals surface area contributed by atoms with Crippen LogP contribution in [0.15, 0.2) is 0 Å². The van der Waals surface area contributed by atoms with Gasteiger partial charge in [0.2, 0.25) is 5.91 Å². The fraction of sp³-hybridized carbons (Fsp3) is 0.867. The summed E-state index contributed by atoms with van der Waals surface area (Å²) in [5.74, 6) is 0.616. The molecule has 1 N–H and O–H groups in total. The second-order valence-electron chi connectivity index (χ2n) is 8.29. The van der Waals surface area contributed by atoms with Gasteiger partial charge in [0.05, 0.1) is 0 Å². The van der Waals surface area contributed by atoms with E-state index >= 15 is 0 Å². The Morgan fingerprint density at radius 3 is 2.16 bits per heavy atom. The van der Waals surface area contributed by atoms with Crippen LogP contribution in [0.4, 0.5) is 4.79 Å². The van der Waals surface area contributed by atoms with Crippen LogP contribution < -0.4 is 5.32 Å². The Morgan fingerprint density at radius 1 is 1.05 bits per heavy atom. The molecule has 4 saturated carbocycles. The van der Waals surface area contributed by atoms with Crippen molar-refractivity contribution in [3.8, 4) is 0 Å². The van der Waals surface area contributed by atoms with Gasteiger partial charge in [0.15, 0.2) is 0 Å². The summed E-state index contributed by atoms with van der Waals surface area (Å²) < 4.78 is 0. The number of carbonyl (C=O) groups is 2. The van der Waals surface area contributed by atoms with E-state index in [1.165, 1.54) is 19.3 Å². The van der Waals surface area contributed by atoms with Gasteiger partial charge in [0, 0.05) is 5.54 Å². The van der Waals surface area contributed by atoms with Crippen molar-refractivity contribution in [2.45, 2.75) is 57.9 Å². The van der Waals surface area contributed by atoms with Gasteiger partial charge in [0.1, 0.15) is 6.54 Å². The van der Waals surface area contributed by atoms with Crippen LogP contribution in [0, 0.1) is 16.7 Å². The van der Waals surface area contributed by atoms with E-state index in [4.69, 9.17) is 0 Å². The molecule has 4 bridgehead atoms. The van der Waals surface area contributed by atoms with Crippen LogP contribution in [-0.2, 0) is 4.79 Å². The third kappa shape index (κ3) is 1.52. The number of nitrogens with one attached hydrogen (secondary N) is 1. The average molecular weight is 262 g/mol. The van der Waals surface area contributed by atoms with Crippen molar-refractivity contribution in [3.05, 3.63) is 0 Å². The molecule has 104 valence electrons. The maximum Gasteiger partial charge on any atom is 0.325 e. The van der Waals surface area contributed by atoms with E-state index in [0.717, 1.165) is 25.2 Å². The fourth-order valence-corrected chi connectivity index (χ4v) is 6.51. The molecule has 4 aliphatic carbocycles. The molecule has 2 atom stereocenters. The van der Waals surface area contributed by atoms with Crippen LogP contribution in [0.5, 0.6) is 0 Å². The highest BCUT2D eigenvalue weighted by atomic mass is 16.2. The molecular weight excluding hydrogens is 240 g/mol. The number of imide groups is 1. The average Bonchev–Trinajstić information content (AvgIpc) is 2.52. The molecule has 1 saturated heterocycles. The molecular formula is C15H22N2O2. The number of carbonyl (C=O) groups excluding carboxylic acids is 2. The van der Waals surface area contributed by atoms with Gasteiger partial charge in [-0.2, -0.15) is 0 Å². The lowest BCUT2D eigenvalue weighted by Crippen LogP contribution is -2.65. The van der Waals surface area contributed by atoms with Gasteiger partial charge in [-0.3, -0.25) is 10.1 Å². The number of amides is 3. The van der Waals surface area contributed by atoms with Crippen molar-refractivity contribution in [2.75, 3.05) is 6.54 Å². The molecule has 2 unspecified atom stereocenters. The summed E-state index contributed by atoms with van der Waals surface area (Å²) >= 11 is 0. The Hall–Kier alpha value is -1.06. The molecule has 0 aromatic carbocycles. The molecule has 0 aromatic rings. The summed E-state index contributed by atoms with van der Waals surface area (Å²) in [5, 5.41) is 2.46. The maximum absolute atomic E-state index is 12.1. The molecule has 5 rings (SSSR count). The van der Waals surface area contributed by atoms with Crippen LogP contribution in [-0.4, -0.2) is 28.9 Å². The summed E-state index contributed by atoms with van der Waals surface area (Å²) in [6.45, 7) is 5.05. The highest BCUT2D eigenvalue weighted by Gasteiger charge is 2.63. The minimum Gasteiger partial charge on any atom is -0.309 e. The smallest absolute Gasteiger partial charge is 0.309 e. The molecule has 4 heteroatoms. The van der Waals surface area contributed by atoms with Crippen molar-refractivity contribution in [1.29, 1.82) is 0 Å². The SMILES string of the molecule is CC12CC3CC(C)(C1)CC(N1CC(=O)NC1=O)(C3)C2. The molecule has 3 amide bonds. The predicted molar refractivity (Wildman–Crippen MR) is 70.4 cm³/mol. The summed E-state index contributed by atoms with van der Waals surface area (Å²) in [6, 6.07) is -0.154. The predicted octanol–water partition coefficient (Wildman–Crippen LogP) is 2.29. The van der Waals surface area contributed by atoms with Crippen molar-refractivity contribution >= 4 is 11.9 Å². The van der Waals surface area contributed by atoms with Crippen LogP contribution in [0.3, 0.4) is 0 Å². The van der Waals surface area contributed by atoms with Crippen molar-refractivity contribution in [1.82, 2.24) is 10.2 Å². The van der Waals surface area contributed by atoms with Gasteiger partial charge in [-0.15, -0.1) is 0 Å². The van der Waals surface area contributed by atoms with E-state index in [2.05, 4.69) is 19.2 Å². The monoisotopic (exact) mass is 262 g/mol. The molecule has 1 aliphatic heterocycles. The normalized spacial score (nSPS) is 51.9. The van der Waals surface area contributed by atoms with E-state index in [1.54, 1.807) is 0 Å². The van der Waals surface area contributed by atoms with E-state index < -0.39 is 0 Å². The molecule has 1 heterocycles. The van der Waals surface area contributed by atoms with Crippen molar-refractivity contribution in [3.63, 3.8) is 0 Å². The van der Waals surface area contributed by atoms with Gasteiger partial charge >= 0.3 is 6.03 Å². The van der Waals surface area contributed by atoms with Crippen LogP contribution in [0.2, 0.25) is 0 Å². The van der Waals surface area contributed by atoms with E-state index in [0.29, 0.717) is 10.8 Å². The van der Waals surface area contributed by atoms with E-state index in [-0.39, 0.29) is 24.0 Å². The Bertz CT molecular complexity index is 469. The highest BCUT2D eigenvalue weighted by molar-refractivity contribution is 6.02. The van der Waals surface area contributed by atoms with Gasteiger partial charge < -0.3 is 4.90 Å². The third-order valence-corrected chi connectivity index (χ3v) is 5.96. The second kappa shape index (κ2) is 3.15. The van der Waals surface area contributed by atoms with Crippen LogP contribution in [0.25, 0.3) is 0 Å². The molecule has 19 heavy (non-hydrogen) atoms. The summed E-state index contributed by atoms with van der Waals surface area (Å²) in [4.78, 5) is 25.5. The zero-order valence-corrected chi connectivity index (χ0v) is 11.8. The Balaban J connectivity index is 1.75. The second-order valence-corrected chi connectivity index (χ2v) is 8.29. The first-order chi connectivity index (χ1) is 8.82. The first-order valence-corrected chi connectivity index (χ1v) is 7.43. The lowest BCUT2D eigenvalue weighted by atomic mass is 9.42. The molecule has 0 radical (unpaired) electrons. The maximum atomic E-state index is 12.1. The molecule has 4 nitrogen and oxygen atoms in total. The minimum absolute atomic E-state index is 0.0425. The number of urea groups is 1. The minimum atomic E-state index is -0.154. The zero-order valence-electron chi connectivity index (χ0n) is 11.8. The lowest BCUT2D eigenvalue weighted by molar-refractivity contribution is -0.148. The third-order valence-electron chi connectivity index (χ3n) is 5.96. The van der Waals surface area contributed by atoms with Gasteiger partial charge in [0.25, 0.3) is 0 Å². The number of hydrogen-bond acceptors (Lipinski definition) is 2. The van der Waals surface area contributed by atoms with Crippen LogP contribution >= 0.6 is 0 Å². The Labute approximate surface area is 113 Å². The topological polar surface area (TPSA) is 49.4 Å². The highest BCUT2D eigenvalue weighted by Crippen LogP contribution is 2.67. The molecule has 0 aromatic heterocycles. The van der Waals surface area contributed by atoms with Gasteiger partial charge in [-0.05, 0) is 55.3 Å². The molecule has 0 spiro atoms. The summed E-state index contributed by atoms with van der Waals surface area (Å²) in [5.41, 5.74) is 0.708. The Morgan fingerprint density at radius 2 is 1.68 bits per heavy atom. The molecule has 5 aliphatic rings. The Kier molecular flexibility index (Phi) is 1.95. The summed E-state index contributed by atoms with van der Waals surface area (Å²) in [7, 11) is 0. The lowest BCUT2D eigenvalue weighted by Gasteiger charge is -2.67. The van der Waals surface area contributed by atoms with Gasteiger partial charge in [-0.1, -0.05) is 13.8 Å². The number of rotatable bonds is 1. The molecule has 5 fully saturated rings. The van der Waals surface area contributed by atoms with E-state index in [1.807, 2.05) is 4.90 Å². The first kappa shape index (κ1) is 11.7. The zero-order chi connectivity index (χ0) is 13.5. The quantitative estimate of drug-likeness (QED) is 0.737. The van der Waals surface area contributed by atoms with Crippen molar-refractivity contribution in [2.24, 2.45) is 16.7 Å². The number of nitrogens with zero attached hydrogens (tertiary/aromatic N) is 1. The van der Waals surface area contributed by atoms with Gasteiger partial charge in [-0.25, -0.2) is 4.79 Å². The van der Waals surface area contributed by atoms with Crippen molar-refractivity contribution < 1.29 is 9.59 Å². The largest absolute Gasteiger partial charge is 0.325 e. The van der Waals surface area contributed by atoms with Crippen LogP contribution in [0.1, 0.15) is 52.4 Å².